The maximum Gasteiger partial charge on any atom is 0.122 e. The van der Waals surface area contributed by atoms with Crippen LogP contribution >= 0.6 is 0 Å². The number of hydrogen-bond acceptors (Lipinski definition) is 4. The Morgan fingerprint density at radius 3 is 2.48 bits per heavy atom. The number of hydrogen-bond donors (Lipinski definition) is 2. The van der Waals surface area contributed by atoms with Crippen molar-refractivity contribution < 1.29 is 5.11 Å². The number of phenols is 1. The van der Waals surface area contributed by atoms with E-state index in [1.165, 1.54) is 0 Å². The van der Waals surface area contributed by atoms with Gasteiger partial charge in [0.2, 0.25) is 0 Å². The van der Waals surface area contributed by atoms with Gasteiger partial charge in [-0.1, -0.05) is 13.0 Å². The molecule has 0 fully saturated rings. The molecule has 1 atom stereocenters. The minimum absolute atomic E-state index is 0.179. The molecule has 0 amide bonds. The lowest BCUT2D eigenvalue weighted by Gasteiger charge is -2.22. The highest BCUT2D eigenvalue weighted by Crippen LogP contribution is 2.28. The van der Waals surface area contributed by atoms with Crippen molar-refractivity contribution in [1.82, 2.24) is 10.2 Å². The number of rotatable bonds is 9. The quantitative estimate of drug-likeness (QED) is 0.734. The van der Waals surface area contributed by atoms with Crippen molar-refractivity contribution in [1.29, 1.82) is 0 Å². The van der Waals surface area contributed by atoms with Gasteiger partial charge in [-0.25, -0.2) is 0 Å². The lowest BCUT2D eigenvalue weighted by Crippen LogP contribution is -2.23. The molecule has 1 aromatic rings. The summed E-state index contributed by atoms with van der Waals surface area (Å²) < 4.78 is 0. The summed E-state index contributed by atoms with van der Waals surface area (Å²) in [7, 11) is 6.25. The Morgan fingerprint density at radius 1 is 1.19 bits per heavy atom. The van der Waals surface area contributed by atoms with E-state index in [-0.39, 0.29) is 6.04 Å². The number of nitrogens with zero attached hydrogens (tertiary/aromatic N) is 2. The van der Waals surface area contributed by atoms with E-state index >= 15 is 0 Å². The number of benzene rings is 1. The number of phenolic OH excluding ortho intramolecular Hbond substituents is 1. The fourth-order valence-corrected chi connectivity index (χ4v) is 2.36. The lowest BCUT2D eigenvalue weighted by atomic mass is 10.1. The van der Waals surface area contributed by atoms with Crippen LogP contribution in [-0.2, 0) is 0 Å². The normalized spacial score (nSPS) is 12.7. The third-order valence-corrected chi connectivity index (χ3v) is 3.72. The molecule has 1 unspecified atom stereocenters. The van der Waals surface area contributed by atoms with Crippen molar-refractivity contribution >= 4 is 5.69 Å². The van der Waals surface area contributed by atoms with Crippen LogP contribution in [0.15, 0.2) is 18.2 Å². The minimum atomic E-state index is 0.179. The molecular weight excluding hydrogens is 262 g/mol. The number of anilines is 1. The van der Waals surface area contributed by atoms with Crippen LogP contribution in [0, 0.1) is 0 Å². The van der Waals surface area contributed by atoms with Gasteiger partial charge in [0.05, 0.1) is 0 Å². The van der Waals surface area contributed by atoms with E-state index in [0.29, 0.717) is 5.75 Å². The van der Waals surface area contributed by atoms with E-state index in [2.05, 4.69) is 56.2 Å². The maximum atomic E-state index is 10.2. The highest BCUT2D eigenvalue weighted by molar-refractivity contribution is 5.53. The molecule has 0 saturated carbocycles. The highest BCUT2D eigenvalue weighted by Gasteiger charge is 2.11. The van der Waals surface area contributed by atoms with Gasteiger partial charge in [0, 0.05) is 37.0 Å². The predicted octanol–water partition coefficient (Wildman–Crippen LogP) is 2.84. The summed E-state index contributed by atoms with van der Waals surface area (Å²) in [5.41, 5.74) is 2.03. The summed E-state index contributed by atoms with van der Waals surface area (Å²) in [6.07, 6.45) is 2.21. The van der Waals surface area contributed by atoms with E-state index in [4.69, 9.17) is 0 Å². The van der Waals surface area contributed by atoms with E-state index in [9.17, 15) is 5.11 Å². The fraction of sp³-hybridized carbons (Fsp3) is 0.647. The molecule has 1 rings (SSSR count). The highest BCUT2D eigenvalue weighted by atomic mass is 16.3. The Balaban J connectivity index is 2.64. The van der Waals surface area contributed by atoms with Crippen LogP contribution in [0.2, 0.25) is 0 Å². The minimum Gasteiger partial charge on any atom is -0.508 e. The van der Waals surface area contributed by atoms with Gasteiger partial charge >= 0.3 is 0 Å². The third-order valence-electron chi connectivity index (χ3n) is 3.72. The van der Waals surface area contributed by atoms with Crippen LogP contribution < -0.4 is 10.2 Å². The molecule has 0 bridgehead atoms. The summed E-state index contributed by atoms with van der Waals surface area (Å²) in [5.74, 6) is 0.378. The second-order valence-electron chi connectivity index (χ2n) is 6.00. The molecule has 0 aromatic heterocycles. The van der Waals surface area contributed by atoms with Crippen LogP contribution in [0.4, 0.5) is 5.69 Å². The molecule has 0 spiro atoms. The van der Waals surface area contributed by atoms with Crippen molar-refractivity contribution in [3.63, 3.8) is 0 Å². The Morgan fingerprint density at radius 2 is 1.90 bits per heavy atom. The largest absolute Gasteiger partial charge is 0.508 e. The van der Waals surface area contributed by atoms with Crippen molar-refractivity contribution in [3.05, 3.63) is 23.8 Å². The van der Waals surface area contributed by atoms with Crippen LogP contribution in [0.3, 0.4) is 0 Å². The Bertz CT molecular complexity index is 420. The summed E-state index contributed by atoms with van der Waals surface area (Å²) in [6.45, 7) is 7.26. The molecule has 0 aliphatic heterocycles. The molecular formula is C17H31N3O. The summed E-state index contributed by atoms with van der Waals surface area (Å²) in [5, 5.41) is 13.7. The molecule has 0 saturated heterocycles. The van der Waals surface area contributed by atoms with Gasteiger partial charge in [-0.2, -0.15) is 0 Å². The Hall–Kier alpha value is -1.26. The molecule has 0 aliphatic rings. The van der Waals surface area contributed by atoms with Crippen molar-refractivity contribution in [3.8, 4) is 5.75 Å². The smallest absolute Gasteiger partial charge is 0.122 e. The van der Waals surface area contributed by atoms with E-state index < -0.39 is 0 Å². The van der Waals surface area contributed by atoms with E-state index in [1.54, 1.807) is 0 Å². The molecule has 0 aliphatic carbocycles. The first-order valence-electron chi connectivity index (χ1n) is 7.87. The van der Waals surface area contributed by atoms with Gasteiger partial charge in [0.25, 0.3) is 0 Å². The van der Waals surface area contributed by atoms with Crippen LogP contribution in [-0.4, -0.2) is 50.8 Å². The summed E-state index contributed by atoms with van der Waals surface area (Å²) in [6, 6.07) is 6.17. The van der Waals surface area contributed by atoms with Gasteiger partial charge < -0.3 is 20.2 Å². The third kappa shape index (κ3) is 5.94. The second kappa shape index (κ2) is 8.90. The van der Waals surface area contributed by atoms with Gasteiger partial charge in [0.1, 0.15) is 5.75 Å². The van der Waals surface area contributed by atoms with Crippen LogP contribution in [0.1, 0.15) is 38.3 Å². The predicted molar refractivity (Wildman–Crippen MR) is 91.3 cm³/mol. The molecule has 0 radical (unpaired) electrons. The molecule has 21 heavy (non-hydrogen) atoms. The van der Waals surface area contributed by atoms with Crippen LogP contribution in [0.25, 0.3) is 0 Å². The molecule has 120 valence electrons. The van der Waals surface area contributed by atoms with Crippen molar-refractivity contribution in [2.75, 3.05) is 45.7 Å². The first-order chi connectivity index (χ1) is 9.95. The summed E-state index contributed by atoms with van der Waals surface area (Å²) >= 11 is 0. The first kappa shape index (κ1) is 17.8. The van der Waals surface area contributed by atoms with Gasteiger partial charge in [-0.15, -0.1) is 0 Å². The number of aromatic hydroxyl groups is 1. The van der Waals surface area contributed by atoms with Crippen molar-refractivity contribution in [2.45, 2.75) is 32.7 Å². The zero-order chi connectivity index (χ0) is 15.8. The SMILES string of the molecule is CCCNC(C)c1ccc(N(C)CCCN(C)C)cc1O. The molecule has 4 heteroatoms. The van der Waals surface area contributed by atoms with E-state index in [1.807, 2.05) is 12.1 Å². The zero-order valence-electron chi connectivity index (χ0n) is 14.2. The number of nitrogens with one attached hydrogen (secondary N) is 1. The summed E-state index contributed by atoms with van der Waals surface area (Å²) in [4.78, 5) is 4.38. The molecule has 2 N–H and O–H groups in total. The average Bonchev–Trinajstić information content (AvgIpc) is 2.44. The average molecular weight is 293 g/mol. The second-order valence-corrected chi connectivity index (χ2v) is 6.00. The fourth-order valence-electron chi connectivity index (χ4n) is 2.36. The standard InChI is InChI=1S/C17H31N3O/c1-6-10-18-14(2)16-9-8-15(13-17(16)21)20(5)12-7-11-19(3)4/h8-9,13-14,18,21H,6-7,10-12H2,1-5H3. The zero-order valence-corrected chi connectivity index (χ0v) is 14.2. The monoisotopic (exact) mass is 293 g/mol. The topological polar surface area (TPSA) is 38.7 Å². The Kier molecular flexibility index (Phi) is 7.54. The van der Waals surface area contributed by atoms with Gasteiger partial charge in [-0.05, 0) is 53.0 Å². The first-order valence-corrected chi connectivity index (χ1v) is 7.87. The molecule has 0 heterocycles. The Labute approximate surface area is 129 Å². The lowest BCUT2D eigenvalue weighted by molar-refractivity contribution is 0.401. The van der Waals surface area contributed by atoms with Crippen LogP contribution in [0.5, 0.6) is 5.75 Å². The molecule has 1 aromatic carbocycles. The van der Waals surface area contributed by atoms with Gasteiger partial charge in [-0.3, -0.25) is 0 Å². The van der Waals surface area contributed by atoms with Crippen molar-refractivity contribution in [2.24, 2.45) is 0 Å². The van der Waals surface area contributed by atoms with E-state index in [0.717, 1.165) is 43.7 Å². The van der Waals surface area contributed by atoms with Gasteiger partial charge in [0.15, 0.2) is 0 Å². The molecule has 4 nitrogen and oxygen atoms in total. The maximum absolute atomic E-state index is 10.2.